The normalized spacial score (nSPS) is 16.6. The summed E-state index contributed by atoms with van der Waals surface area (Å²) in [6.45, 7) is 6.87. The Morgan fingerprint density at radius 3 is 2.67 bits per heavy atom. The van der Waals surface area contributed by atoms with Crippen LogP contribution in [-0.4, -0.2) is 39.9 Å². The zero-order valence-electron chi connectivity index (χ0n) is 10.6. The molecule has 7 heteroatoms. The summed E-state index contributed by atoms with van der Waals surface area (Å²) in [5.74, 6) is 0.659. The lowest BCUT2D eigenvalue weighted by atomic mass is 10.0. The molecule has 1 amide bonds. The number of hydrogen-bond donors (Lipinski definition) is 0. The van der Waals surface area contributed by atoms with Gasteiger partial charge in [0, 0.05) is 19.0 Å². The molecule has 0 radical (unpaired) electrons. The van der Waals surface area contributed by atoms with Crippen molar-refractivity contribution in [2.75, 3.05) is 13.1 Å². The number of amides is 1. The third kappa shape index (κ3) is 3.11. The molecule has 1 saturated heterocycles. The largest absolute Gasteiger partial charge is 0.444 e. The molecule has 2 rings (SSSR count). The molecule has 2 heterocycles. The predicted molar refractivity (Wildman–Crippen MR) is 70.0 cm³/mol. The van der Waals surface area contributed by atoms with E-state index in [1.807, 2.05) is 20.8 Å². The third-order valence-electron chi connectivity index (χ3n) is 2.48. The summed E-state index contributed by atoms with van der Waals surface area (Å²) in [4.78, 5) is 13.4. The van der Waals surface area contributed by atoms with Crippen LogP contribution in [-0.2, 0) is 10.6 Å². The monoisotopic (exact) mass is 289 g/mol. The van der Waals surface area contributed by atoms with Gasteiger partial charge < -0.3 is 9.64 Å². The van der Waals surface area contributed by atoms with Gasteiger partial charge in [-0.1, -0.05) is 11.3 Å². The van der Waals surface area contributed by atoms with Gasteiger partial charge in [0.15, 0.2) is 0 Å². The lowest BCUT2D eigenvalue weighted by Gasteiger charge is -2.38. The minimum Gasteiger partial charge on any atom is -0.444 e. The van der Waals surface area contributed by atoms with Gasteiger partial charge in [0.05, 0.1) is 5.88 Å². The maximum Gasteiger partial charge on any atom is 0.410 e. The molecule has 0 atom stereocenters. The number of likely N-dealkylation sites (tertiary alicyclic amines) is 1. The van der Waals surface area contributed by atoms with Gasteiger partial charge in [0.25, 0.3) is 0 Å². The van der Waals surface area contributed by atoms with E-state index in [-0.39, 0.29) is 12.0 Å². The van der Waals surface area contributed by atoms with E-state index in [1.165, 1.54) is 11.3 Å². The van der Waals surface area contributed by atoms with Crippen LogP contribution in [0.3, 0.4) is 0 Å². The van der Waals surface area contributed by atoms with Crippen molar-refractivity contribution in [3.05, 3.63) is 10.0 Å². The molecule has 0 bridgehead atoms. The zero-order chi connectivity index (χ0) is 13.3. The summed E-state index contributed by atoms with van der Waals surface area (Å²) in [5.41, 5.74) is -0.448. The molecular formula is C11H16ClN3O2S. The molecule has 0 aromatic carbocycles. The third-order valence-corrected chi connectivity index (χ3v) is 3.98. The van der Waals surface area contributed by atoms with Gasteiger partial charge in [0.2, 0.25) is 0 Å². The smallest absolute Gasteiger partial charge is 0.410 e. The second-order valence-corrected chi connectivity index (χ2v) is 6.61. The molecule has 0 N–H and O–H groups in total. The Morgan fingerprint density at radius 1 is 1.50 bits per heavy atom. The van der Waals surface area contributed by atoms with E-state index in [4.69, 9.17) is 16.3 Å². The molecule has 0 aliphatic carbocycles. The minimum atomic E-state index is -0.448. The fourth-order valence-corrected chi connectivity index (χ4v) is 2.59. The molecule has 1 aromatic rings. The molecule has 5 nitrogen and oxygen atoms in total. The number of ether oxygens (including phenoxy) is 1. The van der Waals surface area contributed by atoms with Crippen molar-refractivity contribution in [2.45, 2.75) is 38.2 Å². The van der Waals surface area contributed by atoms with E-state index < -0.39 is 5.60 Å². The number of hydrogen-bond acceptors (Lipinski definition) is 5. The first kappa shape index (κ1) is 13.5. The van der Waals surface area contributed by atoms with Gasteiger partial charge in [-0.15, -0.1) is 21.8 Å². The molecule has 1 aromatic heterocycles. The highest BCUT2D eigenvalue weighted by molar-refractivity contribution is 7.11. The van der Waals surface area contributed by atoms with Crippen molar-refractivity contribution in [3.63, 3.8) is 0 Å². The fraction of sp³-hybridized carbons (Fsp3) is 0.727. The van der Waals surface area contributed by atoms with Crippen LogP contribution in [0.2, 0.25) is 0 Å². The van der Waals surface area contributed by atoms with Gasteiger partial charge in [-0.3, -0.25) is 0 Å². The van der Waals surface area contributed by atoms with E-state index in [1.54, 1.807) is 4.90 Å². The first-order valence-corrected chi connectivity index (χ1v) is 7.10. The molecule has 1 aliphatic rings. The molecular weight excluding hydrogens is 274 g/mol. The molecule has 0 unspecified atom stereocenters. The summed E-state index contributed by atoms with van der Waals surface area (Å²) < 4.78 is 5.29. The van der Waals surface area contributed by atoms with Gasteiger partial charge >= 0.3 is 6.09 Å². The average Bonchev–Trinajstić information content (AvgIpc) is 2.60. The van der Waals surface area contributed by atoms with E-state index in [0.29, 0.717) is 19.0 Å². The quantitative estimate of drug-likeness (QED) is 0.785. The van der Waals surface area contributed by atoms with Crippen molar-refractivity contribution in [1.29, 1.82) is 0 Å². The van der Waals surface area contributed by atoms with Crippen molar-refractivity contribution in [1.82, 2.24) is 15.1 Å². The standard InChI is InChI=1S/C11H16ClN3O2S/c1-11(2,3)17-10(16)15-5-7(6-15)9-14-13-8(4-12)18-9/h7H,4-6H2,1-3H3. The van der Waals surface area contributed by atoms with Crippen LogP contribution in [0.5, 0.6) is 0 Å². The van der Waals surface area contributed by atoms with Crippen LogP contribution < -0.4 is 0 Å². The van der Waals surface area contributed by atoms with Crippen molar-refractivity contribution in [3.8, 4) is 0 Å². The predicted octanol–water partition coefficient (Wildman–Crippen LogP) is 2.61. The van der Waals surface area contributed by atoms with Crippen LogP contribution in [0.15, 0.2) is 0 Å². The van der Waals surface area contributed by atoms with Gasteiger partial charge in [0.1, 0.15) is 15.6 Å². The van der Waals surface area contributed by atoms with Crippen molar-refractivity contribution in [2.24, 2.45) is 0 Å². The second kappa shape index (κ2) is 5.01. The molecule has 1 aliphatic heterocycles. The number of carbonyl (C=O) groups excluding carboxylic acids is 1. The summed E-state index contributed by atoms with van der Waals surface area (Å²) >= 11 is 7.19. The van der Waals surface area contributed by atoms with Crippen LogP contribution in [0.1, 0.15) is 36.7 Å². The Hall–Kier alpha value is -0.880. The minimum absolute atomic E-state index is 0.263. The lowest BCUT2D eigenvalue weighted by molar-refractivity contribution is 0.00813. The van der Waals surface area contributed by atoms with Gasteiger partial charge in [-0.05, 0) is 20.8 Å². The highest BCUT2D eigenvalue weighted by Gasteiger charge is 2.36. The van der Waals surface area contributed by atoms with Crippen molar-refractivity contribution < 1.29 is 9.53 Å². The van der Waals surface area contributed by atoms with Crippen LogP contribution in [0.4, 0.5) is 4.79 Å². The first-order chi connectivity index (χ1) is 8.39. The summed E-state index contributed by atoms with van der Waals surface area (Å²) in [6.07, 6.45) is -0.263. The lowest BCUT2D eigenvalue weighted by Crippen LogP contribution is -2.50. The van der Waals surface area contributed by atoms with Crippen molar-refractivity contribution >= 4 is 29.0 Å². The zero-order valence-corrected chi connectivity index (χ0v) is 12.2. The second-order valence-electron chi connectivity index (χ2n) is 5.25. The molecule has 100 valence electrons. The Balaban J connectivity index is 1.85. The van der Waals surface area contributed by atoms with E-state index in [0.717, 1.165) is 10.0 Å². The maximum atomic E-state index is 11.7. The molecule has 1 fully saturated rings. The number of halogens is 1. The Morgan fingerprint density at radius 2 is 2.17 bits per heavy atom. The van der Waals surface area contributed by atoms with Crippen LogP contribution >= 0.6 is 22.9 Å². The first-order valence-electron chi connectivity index (χ1n) is 5.75. The topological polar surface area (TPSA) is 55.3 Å². The van der Waals surface area contributed by atoms with Crippen LogP contribution in [0, 0.1) is 0 Å². The SMILES string of the molecule is CC(C)(C)OC(=O)N1CC(c2nnc(CCl)s2)C1. The number of nitrogens with zero attached hydrogens (tertiary/aromatic N) is 3. The summed E-state index contributed by atoms with van der Waals surface area (Å²) in [7, 11) is 0. The fourth-order valence-electron chi connectivity index (χ4n) is 1.60. The Bertz CT molecular complexity index is 438. The summed E-state index contributed by atoms with van der Waals surface area (Å²) in [5, 5.41) is 9.82. The van der Waals surface area contributed by atoms with E-state index in [2.05, 4.69) is 10.2 Å². The van der Waals surface area contributed by atoms with E-state index >= 15 is 0 Å². The van der Waals surface area contributed by atoms with Gasteiger partial charge in [-0.2, -0.15) is 0 Å². The molecule has 0 saturated carbocycles. The summed E-state index contributed by atoms with van der Waals surface area (Å²) in [6, 6.07) is 0. The van der Waals surface area contributed by atoms with E-state index in [9.17, 15) is 4.79 Å². The molecule has 18 heavy (non-hydrogen) atoms. The number of carbonyl (C=O) groups is 1. The van der Waals surface area contributed by atoms with Gasteiger partial charge in [-0.25, -0.2) is 4.79 Å². The highest BCUT2D eigenvalue weighted by Crippen LogP contribution is 2.30. The Kier molecular flexibility index (Phi) is 3.77. The Labute approximate surface area is 115 Å². The number of alkyl halides is 1. The molecule has 0 spiro atoms. The average molecular weight is 290 g/mol. The van der Waals surface area contributed by atoms with Crippen LogP contribution in [0.25, 0.3) is 0 Å². The number of rotatable bonds is 2. The highest BCUT2D eigenvalue weighted by atomic mass is 35.5. The number of aromatic nitrogens is 2. The maximum absolute atomic E-state index is 11.7.